The van der Waals surface area contributed by atoms with Gasteiger partial charge in [0.2, 0.25) is 0 Å². The molecular weight excluding hydrogens is 231 g/mol. The average Bonchev–Trinajstić information content (AvgIpc) is 2.26. The van der Waals surface area contributed by atoms with Crippen LogP contribution < -0.4 is 0 Å². The molecule has 16 heavy (non-hydrogen) atoms. The van der Waals surface area contributed by atoms with Crippen LogP contribution in [-0.4, -0.2) is 27.9 Å². The number of Topliss-reactive ketones (excluding diaryl/α,β-unsaturated/α-hetero) is 1. The van der Waals surface area contributed by atoms with E-state index in [-0.39, 0.29) is 22.7 Å². The van der Waals surface area contributed by atoms with Crippen molar-refractivity contribution in [3.8, 4) is 0 Å². The van der Waals surface area contributed by atoms with E-state index in [1.54, 1.807) is 0 Å². The van der Waals surface area contributed by atoms with E-state index in [1.165, 1.54) is 13.0 Å². The van der Waals surface area contributed by atoms with E-state index in [0.29, 0.717) is 0 Å². The Morgan fingerprint density at radius 2 is 2.12 bits per heavy atom. The molecule has 0 radical (unpaired) electrons. The molecule has 1 aromatic rings. The van der Waals surface area contributed by atoms with Crippen LogP contribution in [0.5, 0.6) is 0 Å². The van der Waals surface area contributed by atoms with Gasteiger partial charge in [0, 0.05) is 11.3 Å². The molecule has 2 N–H and O–H groups in total. The van der Waals surface area contributed by atoms with Gasteiger partial charge in [0.15, 0.2) is 5.78 Å². The summed E-state index contributed by atoms with van der Waals surface area (Å²) >= 11 is 3.83. The van der Waals surface area contributed by atoms with Gasteiger partial charge in [0.25, 0.3) is 0 Å². The van der Waals surface area contributed by atoms with Crippen molar-refractivity contribution < 1.29 is 19.4 Å². The zero-order valence-corrected chi connectivity index (χ0v) is 9.62. The number of hydrogen-bond acceptors (Lipinski definition) is 4. The molecule has 0 aliphatic heterocycles. The minimum atomic E-state index is -1.31. The van der Waals surface area contributed by atoms with E-state index in [2.05, 4.69) is 12.6 Å². The predicted octanol–water partition coefficient (Wildman–Crippen LogP) is 1.35. The fourth-order valence-corrected chi connectivity index (χ4v) is 1.61. The van der Waals surface area contributed by atoms with Crippen LogP contribution in [0.15, 0.2) is 18.2 Å². The maximum absolute atomic E-state index is 13.0. The summed E-state index contributed by atoms with van der Waals surface area (Å²) < 4.78 is 13.0. The first-order chi connectivity index (χ1) is 7.47. The number of hydrogen-bond donors (Lipinski definition) is 3. The Morgan fingerprint density at radius 1 is 1.50 bits per heavy atom. The molecular formula is C11H13FO3S. The van der Waals surface area contributed by atoms with Crippen LogP contribution in [0.4, 0.5) is 4.39 Å². The van der Waals surface area contributed by atoms with Crippen LogP contribution in [0.1, 0.15) is 28.9 Å². The molecule has 1 rings (SSSR count). The molecule has 0 saturated heterocycles. The summed E-state index contributed by atoms with van der Waals surface area (Å²) in [5.41, 5.74) is 0.295. The van der Waals surface area contributed by atoms with Gasteiger partial charge in [-0.05, 0) is 30.7 Å². The van der Waals surface area contributed by atoms with Crippen molar-refractivity contribution in [3.63, 3.8) is 0 Å². The Morgan fingerprint density at radius 3 is 2.62 bits per heavy atom. The third-order valence-electron chi connectivity index (χ3n) is 2.26. The summed E-state index contributed by atoms with van der Waals surface area (Å²) in [6.45, 7) is 1.32. The molecule has 0 fully saturated rings. The molecule has 5 heteroatoms. The van der Waals surface area contributed by atoms with Gasteiger partial charge < -0.3 is 10.2 Å². The molecule has 0 aliphatic rings. The van der Waals surface area contributed by atoms with Crippen LogP contribution in [0.3, 0.4) is 0 Å². The highest BCUT2D eigenvalue weighted by molar-refractivity contribution is 7.80. The van der Waals surface area contributed by atoms with Gasteiger partial charge in [-0.3, -0.25) is 4.79 Å². The van der Waals surface area contributed by atoms with Gasteiger partial charge in [0.05, 0.1) is 6.10 Å². The zero-order valence-electron chi connectivity index (χ0n) is 8.72. The first-order valence-corrected chi connectivity index (χ1v) is 5.38. The highest BCUT2D eigenvalue weighted by atomic mass is 32.1. The monoisotopic (exact) mass is 244 g/mol. The minimum absolute atomic E-state index is 0.0228. The molecule has 0 spiro atoms. The number of aliphatic hydroxyl groups is 2. The summed E-state index contributed by atoms with van der Waals surface area (Å²) in [7, 11) is 0. The highest BCUT2D eigenvalue weighted by Gasteiger charge is 2.22. The number of halogens is 1. The van der Waals surface area contributed by atoms with Gasteiger partial charge in [-0.15, -0.1) is 0 Å². The standard InChI is InChI=1S/C11H13FO3S/c1-6(13)8-3-2-7(12)4-9(8)11(15)10(14)5-16/h2-4,10-11,14-16H,5H2,1H3. The lowest BCUT2D eigenvalue weighted by molar-refractivity contribution is 0.0330. The van der Waals surface area contributed by atoms with Crippen LogP contribution in [-0.2, 0) is 0 Å². The largest absolute Gasteiger partial charge is 0.389 e. The van der Waals surface area contributed by atoms with Crippen molar-refractivity contribution >= 4 is 18.4 Å². The molecule has 88 valence electrons. The molecule has 0 heterocycles. The Balaban J connectivity index is 3.19. The van der Waals surface area contributed by atoms with E-state index in [1.807, 2.05) is 0 Å². The van der Waals surface area contributed by atoms with Crippen molar-refractivity contribution in [1.82, 2.24) is 0 Å². The van der Waals surface area contributed by atoms with Crippen LogP contribution in [0.2, 0.25) is 0 Å². The van der Waals surface area contributed by atoms with Crippen LogP contribution >= 0.6 is 12.6 Å². The molecule has 0 aliphatic carbocycles. The minimum Gasteiger partial charge on any atom is -0.389 e. The number of aliphatic hydroxyl groups excluding tert-OH is 2. The van der Waals surface area contributed by atoms with E-state index < -0.39 is 18.0 Å². The summed E-state index contributed by atoms with van der Waals surface area (Å²) in [4.78, 5) is 11.3. The molecule has 0 saturated carbocycles. The van der Waals surface area contributed by atoms with Gasteiger partial charge in [-0.2, -0.15) is 12.6 Å². The van der Waals surface area contributed by atoms with E-state index >= 15 is 0 Å². The first-order valence-electron chi connectivity index (χ1n) is 4.74. The van der Waals surface area contributed by atoms with Gasteiger partial charge in [-0.1, -0.05) is 0 Å². The van der Waals surface area contributed by atoms with Crippen molar-refractivity contribution in [2.45, 2.75) is 19.1 Å². The molecule has 0 aromatic heterocycles. The highest BCUT2D eigenvalue weighted by Crippen LogP contribution is 2.23. The second-order valence-electron chi connectivity index (χ2n) is 3.48. The van der Waals surface area contributed by atoms with Crippen molar-refractivity contribution in [2.24, 2.45) is 0 Å². The maximum atomic E-state index is 13.0. The van der Waals surface area contributed by atoms with Crippen molar-refractivity contribution in [2.75, 3.05) is 5.75 Å². The number of thiol groups is 1. The molecule has 0 bridgehead atoms. The Bertz CT molecular complexity index is 395. The lowest BCUT2D eigenvalue weighted by Crippen LogP contribution is -2.21. The average molecular weight is 244 g/mol. The lowest BCUT2D eigenvalue weighted by Gasteiger charge is -2.18. The van der Waals surface area contributed by atoms with Crippen LogP contribution in [0.25, 0.3) is 0 Å². The Kier molecular flexibility index (Phi) is 4.46. The summed E-state index contributed by atoms with van der Waals surface area (Å²) in [6.07, 6.45) is -2.45. The van der Waals surface area contributed by atoms with Crippen molar-refractivity contribution in [1.29, 1.82) is 0 Å². The molecule has 0 amide bonds. The van der Waals surface area contributed by atoms with E-state index in [0.717, 1.165) is 12.1 Å². The topological polar surface area (TPSA) is 57.5 Å². The second-order valence-corrected chi connectivity index (χ2v) is 3.85. The summed E-state index contributed by atoms with van der Waals surface area (Å²) in [5.74, 6) is -0.833. The zero-order chi connectivity index (χ0) is 12.3. The third-order valence-corrected chi connectivity index (χ3v) is 2.64. The number of ketones is 1. The normalized spacial score (nSPS) is 14.6. The second kappa shape index (κ2) is 5.43. The predicted molar refractivity (Wildman–Crippen MR) is 61.2 cm³/mol. The summed E-state index contributed by atoms with van der Waals surface area (Å²) in [6, 6.07) is 3.48. The lowest BCUT2D eigenvalue weighted by atomic mass is 9.97. The fourth-order valence-electron chi connectivity index (χ4n) is 1.41. The molecule has 2 unspecified atom stereocenters. The van der Waals surface area contributed by atoms with Gasteiger partial charge >= 0.3 is 0 Å². The number of rotatable bonds is 4. The SMILES string of the molecule is CC(=O)c1ccc(F)cc1C(O)C(O)CS. The number of carbonyl (C=O) groups is 1. The first kappa shape index (κ1) is 13.2. The molecule has 3 nitrogen and oxygen atoms in total. The third kappa shape index (κ3) is 2.81. The Labute approximate surface area is 98.3 Å². The summed E-state index contributed by atoms with van der Waals surface area (Å²) in [5, 5.41) is 19.1. The smallest absolute Gasteiger partial charge is 0.160 e. The molecule has 2 atom stereocenters. The quantitative estimate of drug-likeness (QED) is 0.553. The fraction of sp³-hybridized carbons (Fsp3) is 0.364. The molecule has 1 aromatic carbocycles. The van der Waals surface area contributed by atoms with Crippen molar-refractivity contribution in [3.05, 3.63) is 35.1 Å². The van der Waals surface area contributed by atoms with E-state index in [4.69, 9.17) is 0 Å². The van der Waals surface area contributed by atoms with Gasteiger partial charge in [0.1, 0.15) is 11.9 Å². The maximum Gasteiger partial charge on any atom is 0.160 e. The number of benzene rings is 1. The number of carbonyl (C=O) groups excluding carboxylic acids is 1. The Hall–Kier alpha value is -0.910. The van der Waals surface area contributed by atoms with E-state index in [9.17, 15) is 19.4 Å². The van der Waals surface area contributed by atoms with Crippen LogP contribution in [0, 0.1) is 5.82 Å². The van der Waals surface area contributed by atoms with Gasteiger partial charge in [-0.25, -0.2) is 4.39 Å².